The summed E-state index contributed by atoms with van der Waals surface area (Å²) in [6.45, 7) is -0.0361. The molecule has 3 N–H and O–H groups in total. The Bertz CT molecular complexity index is 641. The van der Waals surface area contributed by atoms with E-state index in [4.69, 9.17) is 5.73 Å². The van der Waals surface area contributed by atoms with E-state index in [-0.39, 0.29) is 24.6 Å². The van der Waals surface area contributed by atoms with Crippen LogP contribution in [0.25, 0.3) is 0 Å². The lowest BCUT2D eigenvalue weighted by Crippen LogP contribution is -2.14. The van der Waals surface area contributed by atoms with Crippen molar-refractivity contribution in [2.45, 2.75) is 25.6 Å². The first-order chi connectivity index (χ1) is 10.4. The van der Waals surface area contributed by atoms with Crippen molar-refractivity contribution >= 4 is 22.9 Å². The van der Waals surface area contributed by atoms with E-state index in [9.17, 15) is 18.0 Å². The number of hydrogen-bond donors (Lipinski definition) is 2. The van der Waals surface area contributed by atoms with Gasteiger partial charge in [0.05, 0.1) is 16.8 Å². The second kappa shape index (κ2) is 6.89. The lowest BCUT2D eigenvalue weighted by atomic mass is 10.1. The fourth-order valence-corrected chi connectivity index (χ4v) is 2.46. The molecule has 8 heteroatoms. The summed E-state index contributed by atoms with van der Waals surface area (Å²) in [6.07, 6.45) is -3.89. The van der Waals surface area contributed by atoms with Crippen molar-refractivity contribution in [2.75, 3.05) is 5.32 Å². The quantitative estimate of drug-likeness (QED) is 0.885. The first kappa shape index (κ1) is 16.4. The monoisotopic (exact) mass is 329 g/mol. The summed E-state index contributed by atoms with van der Waals surface area (Å²) in [7, 11) is 0. The molecule has 1 heterocycles. The van der Waals surface area contributed by atoms with Crippen molar-refractivity contribution in [3.05, 3.63) is 45.9 Å². The molecule has 0 aliphatic heterocycles. The highest BCUT2D eigenvalue weighted by Crippen LogP contribution is 2.32. The molecule has 0 unspecified atom stereocenters. The lowest BCUT2D eigenvalue weighted by molar-refractivity contribution is -0.137. The smallest absolute Gasteiger partial charge is 0.326 e. The molecule has 0 radical (unpaired) electrons. The van der Waals surface area contributed by atoms with Gasteiger partial charge in [-0.15, -0.1) is 11.3 Å². The predicted octanol–water partition coefficient (Wildman–Crippen LogP) is 3.19. The highest BCUT2D eigenvalue weighted by atomic mass is 32.1. The summed E-state index contributed by atoms with van der Waals surface area (Å²) in [5.41, 5.74) is 7.42. The van der Waals surface area contributed by atoms with E-state index < -0.39 is 11.7 Å². The Kier molecular flexibility index (Phi) is 5.15. The van der Waals surface area contributed by atoms with E-state index in [1.165, 1.54) is 17.4 Å². The normalized spacial score (nSPS) is 11.5. The number of aromatic nitrogens is 1. The number of hydrogen-bond acceptors (Lipinski definition) is 4. The zero-order valence-corrected chi connectivity index (χ0v) is 12.3. The van der Waals surface area contributed by atoms with Crippen LogP contribution in [0.5, 0.6) is 0 Å². The Morgan fingerprint density at radius 2 is 2.09 bits per heavy atom. The second-order valence-corrected chi connectivity index (χ2v) is 5.37. The highest BCUT2D eigenvalue weighted by Gasteiger charge is 2.31. The van der Waals surface area contributed by atoms with E-state index in [0.717, 1.165) is 17.8 Å². The molecule has 1 aromatic heterocycles. The molecule has 0 saturated carbocycles. The van der Waals surface area contributed by atoms with Gasteiger partial charge in [-0.25, -0.2) is 4.98 Å². The van der Waals surface area contributed by atoms with Crippen molar-refractivity contribution in [2.24, 2.45) is 5.73 Å². The van der Waals surface area contributed by atoms with Crippen molar-refractivity contribution in [3.63, 3.8) is 0 Å². The van der Waals surface area contributed by atoms with Crippen LogP contribution in [-0.2, 0) is 23.9 Å². The number of nitrogens with two attached hydrogens (primary N) is 1. The molecule has 4 nitrogen and oxygen atoms in total. The molecule has 2 rings (SSSR count). The Morgan fingerprint density at radius 1 is 1.32 bits per heavy atom. The Morgan fingerprint density at radius 3 is 2.68 bits per heavy atom. The molecule has 0 saturated heterocycles. The number of thiazole rings is 1. The number of aryl methyl sites for hydroxylation is 1. The van der Waals surface area contributed by atoms with Crippen molar-refractivity contribution in [3.8, 4) is 0 Å². The van der Waals surface area contributed by atoms with Crippen LogP contribution in [0.3, 0.4) is 0 Å². The van der Waals surface area contributed by atoms with Gasteiger partial charge in [-0.2, -0.15) is 13.2 Å². The molecule has 0 aliphatic rings. The molecule has 0 atom stereocenters. The van der Waals surface area contributed by atoms with Gasteiger partial charge in [-0.05, 0) is 30.2 Å². The third-order valence-electron chi connectivity index (χ3n) is 2.93. The molecule has 0 bridgehead atoms. The summed E-state index contributed by atoms with van der Waals surface area (Å²) in [5.74, 6) is -0.365. The number of carbonyl (C=O) groups excluding carboxylic acids is 1. The second-order valence-electron chi connectivity index (χ2n) is 4.65. The number of rotatable bonds is 5. The van der Waals surface area contributed by atoms with E-state index >= 15 is 0 Å². The van der Waals surface area contributed by atoms with Gasteiger partial charge in [-0.3, -0.25) is 4.79 Å². The summed E-state index contributed by atoms with van der Waals surface area (Å²) in [4.78, 5) is 15.9. The molecule has 22 heavy (non-hydrogen) atoms. The molecular formula is C14H14F3N3OS. The van der Waals surface area contributed by atoms with Crippen LogP contribution in [0.15, 0.2) is 29.1 Å². The number of nitrogens with zero attached hydrogens (tertiary/aromatic N) is 1. The Balaban J connectivity index is 2.06. The van der Waals surface area contributed by atoms with E-state index in [1.54, 1.807) is 5.51 Å². The van der Waals surface area contributed by atoms with Gasteiger partial charge >= 0.3 is 6.18 Å². The fraction of sp³-hybridized carbons (Fsp3) is 0.286. The van der Waals surface area contributed by atoms with Gasteiger partial charge in [0.15, 0.2) is 0 Å². The SMILES string of the molecule is NCc1cc(NC(=O)CCc2cscn2)cc(C(F)(F)F)c1. The summed E-state index contributed by atoms with van der Waals surface area (Å²) in [5, 5.41) is 4.30. The summed E-state index contributed by atoms with van der Waals surface area (Å²) >= 11 is 1.42. The van der Waals surface area contributed by atoms with Crippen molar-refractivity contribution in [1.29, 1.82) is 0 Å². The van der Waals surface area contributed by atoms with Crippen LogP contribution < -0.4 is 11.1 Å². The van der Waals surface area contributed by atoms with Gasteiger partial charge in [0.2, 0.25) is 5.91 Å². The van der Waals surface area contributed by atoms with Crippen LogP contribution in [0.2, 0.25) is 0 Å². The number of carbonyl (C=O) groups is 1. The minimum atomic E-state index is -4.48. The van der Waals surface area contributed by atoms with Gasteiger partial charge in [0.25, 0.3) is 0 Å². The van der Waals surface area contributed by atoms with Crippen LogP contribution >= 0.6 is 11.3 Å². The number of anilines is 1. The van der Waals surface area contributed by atoms with Crippen LogP contribution in [0.1, 0.15) is 23.2 Å². The standard InChI is InChI=1S/C14H14F3N3OS/c15-14(16,17)10-3-9(6-18)4-12(5-10)20-13(21)2-1-11-7-22-8-19-11/h3-5,7-8H,1-2,6,18H2,(H,20,21). The first-order valence-electron chi connectivity index (χ1n) is 6.46. The Hall–Kier alpha value is -1.93. The summed E-state index contributed by atoms with van der Waals surface area (Å²) < 4.78 is 38.4. The minimum absolute atomic E-state index is 0.0361. The molecule has 2 aromatic rings. The first-order valence-corrected chi connectivity index (χ1v) is 7.41. The van der Waals surface area contributed by atoms with Gasteiger partial charge in [-0.1, -0.05) is 0 Å². The van der Waals surface area contributed by atoms with Gasteiger partial charge < -0.3 is 11.1 Å². The lowest BCUT2D eigenvalue weighted by Gasteiger charge is -2.12. The predicted molar refractivity (Wildman–Crippen MR) is 78.4 cm³/mol. The average Bonchev–Trinajstić information content (AvgIpc) is 2.97. The van der Waals surface area contributed by atoms with Crippen LogP contribution in [-0.4, -0.2) is 10.9 Å². The summed E-state index contributed by atoms with van der Waals surface area (Å²) in [6, 6.07) is 3.32. The molecule has 0 aliphatic carbocycles. The number of halogens is 3. The van der Waals surface area contributed by atoms with E-state index in [1.807, 2.05) is 5.38 Å². The Labute approximate surface area is 129 Å². The van der Waals surface area contributed by atoms with Crippen molar-refractivity contribution in [1.82, 2.24) is 4.98 Å². The third kappa shape index (κ3) is 4.54. The maximum atomic E-state index is 12.8. The molecular weight excluding hydrogens is 315 g/mol. The molecule has 1 aromatic carbocycles. The average molecular weight is 329 g/mol. The number of alkyl halides is 3. The van der Waals surface area contributed by atoms with Gasteiger partial charge in [0, 0.05) is 24.0 Å². The zero-order chi connectivity index (χ0) is 16.2. The van der Waals surface area contributed by atoms with Crippen LogP contribution in [0.4, 0.5) is 18.9 Å². The highest BCUT2D eigenvalue weighted by molar-refractivity contribution is 7.07. The molecule has 0 spiro atoms. The van der Waals surface area contributed by atoms with Crippen LogP contribution in [0, 0.1) is 0 Å². The number of benzene rings is 1. The third-order valence-corrected chi connectivity index (χ3v) is 3.57. The van der Waals surface area contributed by atoms with E-state index in [2.05, 4.69) is 10.3 Å². The van der Waals surface area contributed by atoms with E-state index in [0.29, 0.717) is 12.0 Å². The molecule has 118 valence electrons. The van der Waals surface area contributed by atoms with Crippen molar-refractivity contribution < 1.29 is 18.0 Å². The fourth-order valence-electron chi connectivity index (χ4n) is 1.87. The molecule has 1 amide bonds. The minimum Gasteiger partial charge on any atom is -0.326 e. The number of amides is 1. The largest absolute Gasteiger partial charge is 0.416 e. The molecule has 0 fully saturated rings. The number of nitrogens with one attached hydrogen (secondary N) is 1. The van der Waals surface area contributed by atoms with Gasteiger partial charge in [0.1, 0.15) is 0 Å². The zero-order valence-electron chi connectivity index (χ0n) is 11.5. The maximum absolute atomic E-state index is 12.8. The topological polar surface area (TPSA) is 68.0 Å². The maximum Gasteiger partial charge on any atom is 0.416 e.